The van der Waals surface area contributed by atoms with Crippen molar-refractivity contribution in [3.8, 4) is 11.1 Å². The van der Waals surface area contributed by atoms with Crippen LogP contribution in [0.1, 0.15) is 40.4 Å². The molecule has 1 aromatic heterocycles. The zero-order valence-corrected chi connectivity index (χ0v) is 17.0. The van der Waals surface area contributed by atoms with Gasteiger partial charge in [0.15, 0.2) is 0 Å². The summed E-state index contributed by atoms with van der Waals surface area (Å²) in [5, 5.41) is 16.6. The standard InChI is InChI=1S/C24H27N3O3/c28-24(29)20-10-8-19(9-11-20)22-15-25-26-23(22)21-7-4-12-27(16-21)13-14-30-17-18-5-2-1-3-6-18/h1-3,5-6,8-11,15,21H,4,7,12-14,16-17H2,(H,25,26)(H,28,29)/t21-/m0/s1. The quantitative estimate of drug-likeness (QED) is 0.550. The first-order valence-corrected chi connectivity index (χ1v) is 10.4. The lowest BCUT2D eigenvalue weighted by Gasteiger charge is -2.32. The number of ether oxygens (including phenoxy) is 1. The smallest absolute Gasteiger partial charge is 0.335 e. The number of benzene rings is 2. The molecular weight excluding hydrogens is 378 g/mol. The van der Waals surface area contributed by atoms with Crippen molar-refractivity contribution in [3.63, 3.8) is 0 Å². The van der Waals surface area contributed by atoms with Gasteiger partial charge in [0, 0.05) is 30.3 Å². The summed E-state index contributed by atoms with van der Waals surface area (Å²) in [6, 6.07) is 17.3. The van der Waals surface area contributed by atoms with Crippen LogP contribution in [0.25, 0.3) is 11.1 Å². The number of aromatic amines is 1. The third kappa shape index (κ3) is 4.96. The van der Waals surface area contributed by atoms with Gasteiger partial charge < -0.3 is 14.7 Å². The first-order valence-electron chi connectivity index (χ1n) is 10.4. The van der Waals surface area contributed by atoms with Crippen molar-refractivity contribution in [1.82, 2.24) is 15.1 Å². The SMILES string of the molecule is O=C(O)c1ccc(-c2cn[nH]c2[C@H]2CCCN(CCOCc3ccccc3)C2)cc1. The summed E-state index contributed by atoms with van der Waals surface area (Å²) in [6.07, 6.45) is 4.09. The Kier molecular flexibility index (Phi) is 6.57. The zero-order chi connectivity index (χ0) is 20.8. The van der Waals surface area contributed by atoms with Crippen molar-refractivity contribution in [3.05, 3.63) is 77.6 Å². The van der Waals surface area contributed by atoms with Crippen LogP contribution in [0.5, 0.6) is 0 Å². The molecule has 1 aliphatic rings. The summed E-state index contributed by atoms with van der Waals surface area (Å²) >= 11 is 0. The van der Waals surface area contributed by atoms with Crippen molar-refractivity contribution >= 4 is 5.97 Å². The van der Waals surface area contributed by atoms with Gasteiger partial charge >= 0.3 is 5.97 Å². The number of rotatable bonds is 8. The van der Waals surface area contributed by atoms with E-state index in [0.29, 0.717) is 24.7 Å². The van der Waals surface area contributed by atoms with E-state index < -0.39 is 5.97 Å². The van der Waals surface area contributed by atoms with Gasteiger partial charge in [-0.05, 0) is 42.6 Å². The van der Waals surface area contributed by atoms with Gasteiger partial charge in [-0.1, -0.05) is 42.5 Å². The molecule has 1 aliphatic heterocycles. The minimum atomic E-state index is -0.911. The number of carboxylic acids is 1. The molecule has 0 radical (unpaired) electrons. The van der Waals surface area contributed by atoms with Crippen molar-refractivity contribution in [1.29, 1.82) is 0 Å². The number of hydrogen-bond acceptors (Lipinski definition) is 4. The minimum Gasteiger partial charge on any atom is -0.478 e. The summed E-state index contributed by atoms with van der Waals surface area (Å²) < 4.78 is 5.86. The highest BCUT2D eigenvalue weighted by molar-refractivity contribution is 5.88. The lowest BCUT2D eigenvalue weighted by molar-refractivity contribution is 0.0697. The predicted octanol–water partition coefficient (Wildman–Crippen LogP) is 4.17. The van der Waals surface area contributed by atoms with Gasteiger partial charge in [-0.15, -0.1) is 0 Å². The van der Waals surface area contributed by atoms with E-state index in [1.54, 1.807) is 12.1 Å². The summed E-state index contributed by atoms with van der Waals surface area (Å²) in [6.45, 7) is 4.34. The Morgan fingerprint density at radius 3 is 2.73 bits per heavy atom. The molecule has 6 heteroatoms. The Bertz CT molecular complexity index is 953. The average molecular weight is 405 g/mol. The summed E-state index contributed by atoms with van der Waals surface area (Å²) in [5.74, 6) is -0.532. The summed E-state index contributed by atoms with van der Waals surface area (Å²) in [7, 11) is 0. The van der Waals surface area contributed by atoms with Crippen LogP contribution in [-0.4, -0.2) is 52.4 Å². The molecule has 30 heavy (non-hydrogen) atoms. The van der Waals surface area contributed by atoms with Crippen LogP contribution >= 0.6 is 0 Å². The van der Waals surface area contributed by atoms with Crippen LogP contribution in [0.4, 0.5) is 0 Å². The molecule has 4 rings (SSSR count). The Morgan fingerprint density at radius 2 is 1.97 bits per heavy atom. The van der Waals surface area contributed by atoms with Crippen LogP contribution < -0.4 is 0 Å². The highest BCUT2D eigenvalue weighted by Crippen LogP contribution is 2.33. The molecule has 1 atom stereocenters. The number of aromatic nitrogens is 2. The number of aromatic carboxylic acids is 1. The molecule has 1 saturated heterocycles. The van der Waals surface area contributed by atoms with Gasteiger partial charge in [-0.25, -0.2) is 4.79 Å². The van der Waals surface area contributed by atoms with E-state index in [1.807, 2.05) is 36.5 Å². The topological polar surface area (TPSA) is 78.4 Å². The maximum atomic E-state index is 11.1. The summed E-state index contributed by atoms with van der Waals surface area (Å²) in [4.78, 5) is 13.6. The minimum absolute atomic E-state index is 0.295. The predicted molar refractivity (Wildman–Crippen MR) is 115 cm³/mol. The molecule has 2 aromatic carbocycles. The monoisotopic (exact) mass is 405 g/mol. The molecule has 6 nitrogen and oxygen atoms in total. The molecule has 0 spiro atoms. The largest absolute Gasteiger partial charge is 0.478 e. The van der Waals surface area contributed by atoms with E-state index >= 15 is 0 Å². The maximum absolute atomic E-state index is 11.1. The second-order valence-electron chi connectivity index (χ2n) is 7.76. The van der Waals surface area contributed by atoms with Crippen LogP contribution in [0.3, 0.4) is 0 Å². The Hall–Kier alpha value is -2.96. The van der Waals surface area contributed by atoms with Gasteiger partial charge in [0.05, 0.1) is 25.0 Å². The van der Waals surface area contributed by atoms with Crippen molar-refractivity contribution in [2.24, 2.45) is 0 Å². The van der Waals surface area contributed by atoms with Gasteiger partial charge in [-0.2, -0.15) is 5.10 Å². The lowest BCUT2D eigenvalue weighted by atomic mass is 9.90. The first-order chi connectivity index (χ1) is 14.7. The van der Waals surface area contributed by atoms with Gasteiger partial charge in [0.1, 0.15) is 0 Å². The van der Waals surface area contributed by atoms with Crippen molar-refractivity contribution in [2.45, 2.75) is 25.4 Å². The first kappa shape index (κ1) is 20.3. The van der Waals surface area contributed by atoms with Gasteiger partial charge in [-0.3, -0.25) is 5.10 Å². The van der Waals surface area contributed by atoms with Crippen LogP contribution in [0.15, 0.2) is 60.8 Å². The zero-order valence-electron chi connectivity index (χ0n) is 17.0. The fraction of sp³-hybridized carbons (Fsp3) is 0.333. The fourth-order valence-corrected chi connectivity index (χ4v) is 4.08. The molecule has 0 amide bonds. The number of H-pyrrole nitrogens is 1. The average Bonchev–Trinajstić information content (AvgIpc) is 3.28. The highest BCUT2D eigenvalue weighted by Gasteiger charge is 2.25. The van der Waals surface area contributed by atoms with Gasteiger partial charge in [0.2, 0.25) is 0 Å². The molecular formula is C24H27N3O3. The molecule has 2 N–H and O–H groups in total. The number of hydrogen-bond donors (Lipinski definition) is 2. The number of carbonyl (C=O) groups is 1. The van der Waals surface area contributed by atoms with E-state index in [4.69, 9.17) is 9.84 Å². The second-order valence-corrected chi connectivity index (χ2v) is 7.76. The molecule has 0 unspecified atom stereocenters. The lowest BCUT2D eigenvalue weighted by Crippen LogP contribution is -2.36. The van der Waals surface area contributed by atoms with E-state index in [0.717, 1.165) is 49.3 Å². The normalized spacial score (nSPS) is 17.1. The van der Waals surface area contributed by atoms with Crippen molar-refractivity contribution < 1.29 is 14.6 Å². The Labute approximate surface area is 176 Å². The molecule has 0 bridgehead atoms. The van der Waals surface area contributed by atoms with E-state index in [-0.39, 0.29) is 0 Å². The number of carboxylic acid groups (broad SMARTS) is 1. The van der Waals surface area contributed by atoms with E-state index in [9.17, 15) is 4.79 Å². The van der Waals surface area contributed by atoms with E-state index in [1.165, 1.54) is 5.56 Å². The summed E-state index contributed by atoms with van der Waals surface area (Å²) in [5.41, 5.74) is 4.67. The fourth-order valence-electron chi connectivity index (χ4n) is 4.08. The number of likely N-dealkylation sites (tertiary alicyclic amines) is 1. The van der Waals surface area contributed by atoms with Crippen LogP contribution in [0.2, 0.25) is 0 Å². The third-order valence-electron chi connectivity index (χ3n) is 5.69. The van der Waals surface area contributed by atoms with Crippen molar-refractivity contribution in [2.75, 3.05) is 26.2 Å². The van der Waals surface area contributed by atoms with Crippen LogP contribution in [0, 0.1) is 0 Å². The molecule has 156 valence electrons. The number of nitrogens with zero attached hydrogens (tertiary/aromatic N) is 2. The van der Waals surface area contributed by atoms with E-state index in [2.05, 4.69) is 27.2 Å². The molecule has 2 heterocycles. The molecule has 3 aromatic rings. The Morgan fingerprint density at radius 1 is 1.17 bits per heavy atom. The molecule has 0 aliphatic carbocycles. The second kappa shape index (κ2) is 9.69. The molecule has 0 saturated carbocycles. The molecule has 1 fully saturated rings. The number of nitrogens with one attached hydrogen (secondary N) is 1. The maximum Gasteiger partial charge on any atom is 0.335 e. The Balaban J connectivity index is 1.34. The van der Waals surface area contributed by atoms with Crippen LogP contribution in [-0.2, 0) is 11.3 Å². The highest BCUT2D eigenvalue weighted by atomic mass is 16.5. The number of piperidine rings is 1. The van der Waals surface area contributed by atoms with Gasteiger partial charge in [0.25, 0.3) is 0 Å². The third-order valence-corrected chi connectivity index (χ3v) is 5.69.